The summed E-state index contributed by atoms with van der Waals surface area (Å²) in [7, 11) is 0. The van der Waals surface area contributed by atoms with Crippen LogP contribution in [0.15, 0.2) is 24.5 Å². The largest absolute Gasteiger partial charge is 0.434 e. The van der Waals surface area contributed by atoms with Crippen molar-refractivity contribution in [3.63, 3.8) is 0 Å². The fourth-order valence-corrected chi connectivity index (χ4v) is 3.40. The molecule has 0 radical (unpaired) electrons. The standard InChI is InChI=1S/C17H19F3N4O/c18-17(19,20)14-10-23-9-11(3-6-15(23)22-14)8-21-16(25)13-2-1-7-24(13)12-4-5-12/h1-2,7,10-12H,3-6,8-9H2,(H,21,25). The van der Waals surface area contributed by atoms with Gasteiger partial charge in [0, 0.05) is 37.9 Å². The van der Waals surface area contributed by atoms with Crippen molar-refractivity contribution in [2.45, 2.75) is 44.4 Å². The van der Waals surface area contributed by atoms with Gasteiger partial charge in [-0.2, -0.15) is 13.2 Å². The van der Waals surface area contributed by atoms with Crippen molar-refractivity contribution in [2.24, 2.45) is 5.92 Å². The first-order valence-electron chi connectivity index (χ1n) is 8.50. The Kier molecular flexibility index (Phi) is 3.85. The monoisotopic (exact) mass is 352 g/mol. The highest BCUT2D eigenvalue weighted by Crippen LogP contribution is 2.36. The predicted molar refractivity (Wildman–Crippen MR) is 84.1 cm³/mol. The molecule has 1 unspecified atom stereocenters. The Labute approximate surface area is 142 Å². The number of alkyl halides is 3. The normalized spacial score (nSPS) is 20.4. The number of halogens is 3. The number of carbonyl (C=O) groups excluding carboxylic acids is 1. The molecule has 1 aliphatic carbocycles. The lowest BCUT2D eigenvalue weighted by Gasteiger charge is -2.24. The Balaban J connectivity index is 1.37. The number of fused-ring (bicyclic) bond motifs is 1. The van der Waals surface area contributed by atoms with Crippen LogP contribution in [0, 0.1) is 5.92 Å². The number of nitrogens with zero attached hydrogens (tertiary/aromatic N) is 3. The third-order valence-corrected chi connectivity index (χ3v) is 4.88. The third-order valence-electron chi connectivity index (χ3n) is 4.88. The Hall–Kier alpha value is -2.25. The number of imidazole rings is 1. The van der Waals surface area contributed by atoms with Crippen LogP contribution in [0.2, 0.25) is 0 Å². The summed E-state index contributed by atoms with van der Waals surface area (Å²) in [6, 6.07) is 4.10. The van der Waals surface area contributed by atoms with Crippen LogP contribution in [0.5, 0.6) is 0 Å². The van der Waals surface area contributed by atoms with Gasteiger partial charge in [-0.05, 0) is 37.3 Å². The number of rotatable bonds is 4. The summed E-state index contributed by atoms with van der Waals surface area (Å²) in [4.78, 5) is 16.1. The van der Waals surface area contributed by atoms with E-state index >= 15 is 0 Å². The summed E-state index contributed by atoms with van der Waals surface area (Å²) in [5, 5.41) is 2.93. The zero-order chi connectivity index (χ0) is 17.6. The molecule has 3 heterocycles. The molecule has 0 bridgehead atoms. The van der Waals surface area contributed by atoms with Gasteiger partial charge in [-0.15, -0.1) is 0 Å². The fraction of sp³-hybridized carbons (Fsp3) is 0.529. The molecule has 1 amide bonds. The molecule has 1 N–H and O–H groups in total. The molecule has 1 saturated carbocycles. The van der Waals surface area contributed by atoms with E-state index in [4.69, 9.17) is 0 Å². The molecule has 8 heteroatoms. The summed E-state index contributed by atoms with van der Waals surface area (Å²) >= 11 is 0. The zero-order valence-corrected chi connectivity index (χ0v) is 13.6. The topological polar surface area (TPSA) is 51.9 Å². The van der Waals surface area contributed by atoms with E-state index in [1.165, 1.54) is 0 Å². The van der Waals surface area contributed by atoms with Gasteiger partial charge in [0.05, 0.1) is 0 Å². The van der Waals surface area contributed by atoms with E-state index < -0.39 is 11.9 Å². The van der Waals surface area contributed by atoms with E-state index in [2.05, 4.69) is 10.3 Å². The second-order valence-electron chi connectivity index (χ2n) is 6.84. The smallest absolute Gasteiger partial charge is 0.350 e. The molecule has 1 atom stereocenters. The van der Waals surface area contributed by atoms with Gasteiger partial charge in [0.1, 0.15) is 11.5 Å². The van der Waals surface area contributed by atoms with Crippen molar-refractivity contribution in [2.75, 3.05) is 6.54 Å². The van der Waals surface area contributed by atoms with Gasteiger partial charge in [-0.1, -0.05) is 0 Å². The van der Waals surface area contributed by atoms with E-state index in [0.717, 1.165) is 25.5 Å². The maximum atomic E-state index is 12.8. The molecule has 0 spiro atoms. The van der Waals surface area contributed by atoms with E-state index in [1.807, 2.05) is 16.8 Å². The van der Waals surface area contributed by atoms with E-state index in [0.29, 0.717) is 37.1 Å². The highest BCUT2D eigenvalue weighted by Gasteiger charge is 2.35. The minimum Gasteiger partial charge on any atom is -0.350 e. The Bertz CT molecular complexity index is 788. The Morgan fingerprint density at radius 3 is 2.84 bits per heavy atom. The lowest BCUT2D eigenvalue weighted by molar-refractivity contribution is -0.141. The summed E-state index contributed by atoms with van der Waals surface area (Å²) in [5.74, 6) is 0.456. The number of carbonyl (C=O) groups is 1. The molecule has 1 fully saturated rings. The lowest BCUT2D eigenvalue weighted by atomic mass is 9.99. The zero-order valence-electron chi connectivity index (χ0n) is 13.6. The average Bonchev–Trinajstić information content (AvgIpc) is 3.12. The first kappa shape index (κ1) is 16.2. The van der Waals surface area contributed by atoms with Crippen molar-refractivity contribution in [3.05, 3.63) is 41.7 Å². The van der Waals surface area contributed by atoms with Crippen LogP contribution in [0.4, 0.5) is 13.2 Å². The van der Waals surface area contributed by atoms with E-state index in [9.17, 15) is 18.0 Å². The lowest BCUT2D eigenvalue weighted by Crippen LogP contribution is -2.34. The number of aryl methyl sites for hydroxylation is 1. The van der Waals surface area contributed by atoms with Gasteiger partial charge in [0.2, 0.25) is 0 Å². The maximum Gasteiger partial charge on any atom is 0.434 e. The van der Waals surface area contributed by atoms with Crippen LogP contribution in [0.3, 0.4) is 0 Å². The second-order valence-corrected chi connectivity index (χ2v) is 6.84. The van der Waals surface area contributed by atoms with Gasteiger partial charge >= 0.3 is 6.18 Å². The van der Waals surface area contributed by atoms with Crippen molar-refractivity contribution in [1.29, 1.82) is 0 Å². The minimum absolute atomic E-state index is 0.107. The number of aromatic nitrogens is 3. The average molecular weight is 352 g/mol. The van der Waals surface area contributed by atoms with E-state index in [-0.39, 0.29) is 11.8 Å². The summed E-state index contributed by atoms with van der Waals surface area (Å²) in [6.07, 6.45) is 1.99. The van der Waals surface area contributed by atoms with Gasteiger partial charge in [0.15, 0.2) is 5.69 Å². The minimum atomic E-state index is -4.41. The number of hydrogen-bond donors (Lipinski definition) is 1. The molecule has 25 heavy (non-hydrogen) atoms. The highest BCUT2D eigenvalue weighted by molar-refractivity contribution is 5.92. The van der Waals surface area contributed by atoms with Crippen LogP contribution in [0.1, 0.15) is 47.3 Å². The fourth-order valence-electron chi connectivity index (χ4n) is 3.40. The molecule has 2 aliphatic rings. The van der Waals surface area contributed by atoms with Gasteiger partial charge in [-0.3, -0.25) is 4.79 Å². The SMILES string of the molecule is O=C(NCC1CCc2nc(C(F)(F)F)cn2C1)c1cccn1C1CC1. The first-order valence-corrected chi connectivity index (χ1v) is 8.50. The molecule has 0 aromatic carbocycles. The molecular formula is C17H19F3N4O. The van der Waals surface area contributed by atoms with Crippen molar-refractivity contribution < 1.29 is 18.0 Å². The molecule has 4 rings (SSSR count). The molecule has 2 aromatic heterocycles. The van der Waals surface area contributed by atoms with Crippen LogP contribution in [-0.2, 0) is 19.1 Å². The molecule has 1 aliphatic heterocycles. The summed E-state index contributed by atoms with van der Waals surface area (Å²) < 4.78 is 41.8. The van der Waals surface area contributed by atoms with Crippen LogP contribution >= 0.6 is 0 Å². The van der Waals surface area contributed by atoms with Crippen molar-refractivity contribution in [1.82, 2.24) is 19.4 Å². The van der Waals surface area contributed by atoms with Gasteiger partial charge in [0.25, 0.3) is 5.91 Å². The van der Waals surface area contributed by atoms with Gasteiger partial charge < -0.3 is 14.5 Å². The third kappa shape index (κ3) is 3.29. The number of hydrogen-bond acceptors (Lipinski definition) is 2. The van der Waals surface area contributed by atoms with Crippen LogP contribution in [0.25, 0.3) is 0 Å². The molecule has 134 valence electrons. The molecule has 0 saturated heterocycles. The Morgan fingerprint density at radius 1 is 1.32 bits per heavy atom. The molecule has 5 nitrogen and oxygen atoms in total. The van der Waals surface area contributed by atoms with Crippen LogP contribution < -0.4 is 5.32 Å². The summed E-state index contributed by atoms with van der Waals surface area (Å²) in [6.45, 7) is 0.899. The number of amides is 1. The highest BCUT2D eigenvalue weighted by atomic mass is 19.4. The van der Waals surface area contributed by atoms with Crippen LogP contribution in [-0.4, -0.2) is 26.6 Å². The van der Waals surface area contributed by atoms with E-state index in [1.54, 1.807) is 10.6 Å². The predicted octanol–water partition coefficient (Wildman–Crippen LogP) is 3.03. The molecular weight excluding hydrogens is 333 g/mol. The van der Waals surface area contributed by atoms with Crippen molar-refractivity contribution in [3.8, 4) is 0 Å². The first-order chi connectivity index (χ1) is 11.9. The summed E-state index contributed by atoms with van der Waals surface area (Å²) in [5.41, 5.74) is -0.185. The van der Waals surface area contributed by atoms with Gasteiger partial charge in [-0.25, -0.2) is 4.98 Å². The van der Waals surface area contributed by atoms with Crippen molar-refractivity contribution >= 4 is 5.91 Å². The quantitative estimate of drug-likeness (QED) is 0.920. The maximum absolute atomic E-state index is 12.8. The molecule has 2 aromatic rings. The number of nitrogens with one attached hydrogen (secondary N) is 1. The Morgan fingerprint density at radius 2 is 2.12 bits per heavy atom. The second kappa shape index (κ2) is 5.93.